The summed E-state index contributed by atoms with van der Waals surface area (Å²) in [4.78, 5) is 0. The molecule has 4 aliphatic rings. The largest absolute Gasteiger partial charge is 0.487 e. The third kappa shape index (κ3) is 2.03. The van der Waals surface area contributed by atoms with Gasteiger partial charge in [0.15, 0.2) is 0 Å². The third-order valence-electron chi connectivity index (χ3n) is 7.89. The molecule has 6 rings (SSSR count). The van der Waals surface area contributed by atoms with Gasteiger partial charge in [0.2, 0.25) is 0 Å². The second-order valence-corrected chi connectivity index (χ2v) is 9.22. The lowest BCUT2D eigenvalue weighted by Gasteiger charge is -2.43. The molecule has 132 valence electrons. The Balaban J connectivity index is 1.29. The van der Waals surface area contributed by atoms with Gasteiger partial charge < -0.3 is 4.74 Å². The first-order valence-corrected chi connectivity index (χ1v) is 10.2. The Morgan fingerprint density at radius 1 is 0.846 bits per heavy atom. The first-order valence-electron chi connectivity index (χ1n) is 10.2. The van der Waals surface area contributed by atoms with Crippen molar-refractivity contribution in [3.8, 4) is 16.9 Å². The van der Waals surface area contributed by atoms with E-state index in [-0.39, 0.29) is 5.60 Å². The van der Waals surface area contributed by atoms with E-state index in [2.05, 4.69) is 73.7 Å². The summed E-state index contributed by atoms with van der Waals surface area (Å²) in [5, 5.41) is 0. The number of rotatable bonds is 3. The highest BCUT2D eigenvalue weighted by Crippen LogP contribution is 2.68. The summed E-state index contributed by atoms with van der Waals surface area (Å²) in [5.74, 6) is 6.21. The molecule has 0 radical (unpaired) electrons. The molecule has 4 aliphatic carbocycles. The van der Waals surface area contributed by atoms with E-state index in [9.17, 15) is 0 Å². The number of ether oxygens (including phenoxy) is 1. The van der Waals surface area contributed by atoms with Crippen LogP contribution in [0.25, 0.3) is 11.1 Å². The summed E-state index contributed by atoms with van der Waals surface area (Å²) in [7, 11) is 0. The van der Waals surface area contributed by atoms with Gasteiger partial charge in [0.05, 0.1) is 0 Å². The fraction of sp³-hybridized carbons (Fsp3) is 0.440. The van der Waals surface area contributed by atoms with Gasteiger partial charge in [0.1, 0.15) is 11.4 Å². The topological polar surface area (TPSA) is 9.23 Å². The molecule has 1 nitrogen and oxygen atoms in total. The van der Waals surface area contributed by atoms with Crippen LogP contribution in [0.4, 0.5) is 0 Å². The summed E-state index contributed by atoms with van der Waals surface area (Å²) in [6.45, 7) is 2.39. The fourth-order valence-electron chi connectivity index (χ4n) is 7.07. The van der Waals surface area contributed by atoms with E-state index in [1.165, 1.54) is 30.4 Å². The van der Waals surface area contributed by atoms with E-state index in [1.54, 1.807) is 0 Å². The van der Waals surface area contributed by atoms with Crippen LogP contribution in [0, 0.1) is 35.5 Å². The van der Waals surface area contributed by atoms with Crippen molar-refractivity contribution in [3.63, 3.8) is 0 Å². The lowest BCUT2D eigenvalue weighted by Crippen LogP contribution is -2.46. The maximum absolute atomic E-state index is 6.75. The van der Waals surface area contributed by atoms with E-state index in [1.807, 2.05) is 0 Å². The van der Waals surface area contributed by atoms with Gasteiger partial charge >= 0.3 is 0 Å². The second kappa shape index (κ2) is 5.25. The summed E-state index contributed by atoms with van der Waals surface area (Å²) < 4.78 is 6.75. The van der Waals surface area contributed by atoms with Gasteiger partial charge in [-0.05, 0) is 79.0 Å². The molecule has 2 aromatic carbocycles. The lowest BCUT2D eigenvalue weighted by atomic mass is 9.68. The summed E-state index contributed by atoms with van der Waals surface area (Å²) in [6.07, 6.45) is 9.09. The quantitative estimate of drug-likeness (QED) is 0.493. The fourth-order valence-corrected chi connectivity index (χ4v) is 7.07. The first-order chi connectivity index (χ1) is 12.7. The molecule has 0 amide bonds. The van der Waals surface area contributed by atoms with Crippen molar-refractivity contribution in [2.45, 2.75) is 31.8 Å². The van der Waals surface area contributed by atoms with Crippen molar-refractivity contribution in [3.05, 3.63) is 66.7 Å². The number of hydrogen-bond acceptors (Lipinski definition) is 1. The molecule has 0 aromatic heterocycles. The van der Waals surface area contributed by atoms with Gasteiger partial charge in [0.25, 0.3) is 0 Å². The lowest BCUT2D eigenvalue weighted by molar-refractivity contribution is -0.0179. The Labute approximate surface area is 156 Å². The average Bonchev–Trinajstić information content (AvgIpc) is 3.41. The molecule has 0 N–H and O–H groups in total. The predicted octanol–water partition coefficient (Wildman–Crippen LogP) is 5.97. The van der Waals surface area contributed by atoms with E-state index < -0.39 is 0 Å². The smallest absolute Gasteiger partial charge is 0.120 e. The van der Waals surface area contributed by atoms with Gasteiger partial charge in [-0.25, -0.2) is 0 Å². The molecule has 4 bridgehead atoms. The molecule has 0 aliphatic heterocycles. The Bertz CT molecular complexity index is 869. The average molecular weight is 342 g/mol. The number of benzene rings is 2. The molecule has 7 unspecified atom stereocenters. The third-order valence-corrected chi connectivity index (χ3v) is 7.89. The minimum Gasteiger partial charge on any atom is -0.487 e. The molecule has 3 saturated carbocycles. The van der Waals surface area contributed by atoms with Crippen molar-refractivity contribution in [1.29, 1.82) is 0 Å². The highest BCUT2D eigenvalue weighted by molar-refractivity contribution is 5.64. The molecular weight excluding hydrogens is 316 g/mol. The zero-order valence-electron chi connectivity index (χ0n) is 15.3. The van der Waals surface area contributed by atoms with Crippen molar-refractivity contribution in [2.24, 2.45) is 35.5 Å². The van der Waals surface area contributed by atoms with Crippen LogP contribution in [-0.2, 0) is 0 Å². The summed E-state index contributed by atoms with van der Waals surface area (Å²) >= 11 is 0. The van der Waals surface area contributed by atoms with E-state index >= 15 is 0 Å². The normalized spacial score (nSPS) is 41.6. The standard InChI is InChI=1S/C25H26O/c1-25(15-20-14-22(25)24-19-11-10-18(12-19)23(20)24)26-21-9-5-8-17(13-21)16-6-3-2-4-7-16/h2-11,13,18-20,22-24H,12,14-15H2,1H3. The Hall–Kier alpha value is -2.02. The molecule has 3 fully saturated rings. The molecule has 7 atom stereocenters. The van der Waals surface area contributed by atoms with Crippen molar-refractivity contribution >= 4 is 0 Å². The van der Waals surface area contributed by atoms with Gasteiger partial charge in [-0.3, -0.25) is 0 Å². The molecule has 1 heteroatoms. The van der Waals surface area contributed by atoms with Crippen LogP contribution in [0.15, 0.2) is 66.7 Å². The molecule has 0 saturated heterocycles. The Morgan fingerprint density at radius 2 is 1.62 bits per heavy atom. The molecule has 2 aromatic rings. The van der Waals surface area contributed by atoms with Crippen LogP contribution in [0.3, 0.4) is 0 Å². The van der Waals surface area contributed by atoms with E-state index in [0.717, 1.165) is 41.3 Å². The number of hydrogen-bond donors (Lipinski definition) is 0. The van der Waals surface area contributed by atoms with Crippen LogP contribution in [0.1, 0.15) is 26.2 Å². The van der Waals surface area contributed by atoms with Gasteiger partial charge in [0, 0.05) is 5.92 Å². The minimum absolute atomic E-state index is 0.0134. The van der Waals surface area contributed by atoms with Gasteiger partial charge in [-0.15, -0.1) is 0 Å². The van der Waals surface area contributed by atoms with Crippen LogP contribution < -0.4 is 4.74 Å². The van der Waals surface area contributed by atoms with Crippen LogP contribution >= 0.6 is 0 Å². The Kier molecular flexibility index (Phi) is 3.05. The van der Waals surface area contributed by atoms with Crippen LogP contribution in [0.5, 0.6) is 5.75 Å². The SMILES string of the molecule is CC1(Oc2cccc(-c3ccccc3)c2)CC2CC1C1C3C=CC(C3)C21. The van der Waals surface area contributed by atoms with E-state index in [4.69, 9.17) is 4.74 Å². The van der Waals surface area contributed by atoms with Crippen molar-refractivity contribution < 1.29 is 4.74 Å². The monoisotopic (exact) mass is 342 g/mol. The minimum atomic E-state index is 0.0134. The van der Waals surface area contributed by atoms with Gasteiger partial charge in [-0.1, -0.05) is 54.6 Å². The first kappa shape index (κ1) is 15.1. The van der Waals surface area contributed by atoms with Crippen molar-refractivity contribution in [2.75, 3.05) is 0 Å². The maximum Gasteiger partial charge on any atom is 0.120 e. The highest BCUT2D eigenvalue weighted by Gasteiger charge is 2.65. The Morgan fingerprint density at radius 3 is 2.46 bits per heavy atom. The zero-order chi connectivity index (χ0) is 17.3. The number of allylic oxidation sites excluding steroid dienone is 2. The van der Waals surface area contributed by atoms with Crippen LogP contribution in [0.2, 0.25) is 0 Å². The zero-order valence-corrected chi connectivity index (χ0v) is 15.3. The van der Waals surface area contributed by atoms with E-state index in [0.29, 0.717) is 0 Å². The maximum atomic E-state index is 6.75. The molecule has 26 heavy (non-hydrogen) atoms. The van der Waals surface area contributed by atoms with Crippen molar-refractivity contribution in [1.82, 2.24) is 0 Å². The highest BCUT2D eigenvalue weighted by atomic mass is 16.5. The molecule has 0 spiro atoms. The number of fused-ring (bicyclic) bond motifs is 9. The van der Waals surface area contributed by atoms with Crippen LogP contribution in [-0.4, -0.2) is 5.60 Å². The van der Waals surface area contributed by atoms with Gasteiger partial charge in [-0.2, -0.15) is 0 Å². The molecule has 0 heterocycles. The summed E-state index contributed by atoms with van der Waals surface area (Å²) in [5.41, 5.74) is 2.52. The second-order valence-electron chi connectivity index (χ2n) is 9.22. The predicted molar refractivity (Wildman–Crippen MR) is 105 cm³/mol. The summed E-state index contributed by atoms with van der Waals surface area (Å²) in [6, 6.07) is 19.3. The molecular formula is C25H26O.